The molecular formula is C42H50N16O9. The predicted molar refractivity (Wildman–Crippen MR) is 241 cm³/mol. The highest BCUT2D eigenvalue weighted by molar-refractivity contribution is 6.07. The molecular weight excluding hydrogens is 873 g/mol. The third kappa shape index (κ3) is 11.9. The van der Waals surface area contributed by atoms with Gasteiger partial charge < -0.3 is 69.4 Å². The van der Waals surface area contributed by atoms with Crippen molar-refractivity contribution < 1.29 is 43.1 Å². The van der Waals surface area contributed by atoms with Crippen molar-refractivity contribution in [2.45, 2.75) is 26.2 Å². The van der Waals surface area contributed by atoms with Gasteiger partial charge in [-0.05, 0) is 37.6 Å². The summed E-state index contributed by atoms with van der Waals surface area (Å²) in [5, 5.41) is 18.7. The molecule has 6 aromatic heterocycles. The van der Waals surface area contributed by atoms with Crippen LogP contribution in [0.4, 0.5) is 28.8 Å². The average Bonchev–Trinajstić information content (AvgIpc) is 4.13. The Labute approximate surface area is 382 Å². The van der Waals surface area contributed by atoms with Crippen LogP contribution in [0.2, 0.25) is 0 Å². The SMILES string of the molecule is CCOC(=O)CCNC(=O)c1nc(NC(=O)c2nc(NC(=O)c3nc(NC(=O)CCCNC(=O)c4cc(NC(=O)c5cc(NC(=O)c6cccn6C)cn5C)cn4C)cn3C)cn2C)cn1C. The molecule has 0 fully saturated rings. The Bertz CT molecular complexity index is 2870. The van der Waals surface area contributed by atoms with Crippen molar-refractivity contribution in [1.29, 1.82) is 0 Å². The van der Waals surface area contributed by atoms with Crippen LogP contribution < -0.4 is 37.2 Å². The first kappa shape index (κ1) is 47.7. The van der Waals surface area contributed by atoms with Gasteiger partial charge in [0.25, 0.3) is 35.4 Å². The monoisotopic (exact) mass is 922 g/mol. The van der Waals surface area contributed by atoms with Crippen molar-refractivity contribution in [3.8, 4) is 0 Å². The number of rotatable bonds is 19. The molecule has 0 atom stereocenters. The lowest BCUT2D eigenvalue weighted by molar-refractivity contribution is -0.142. The zero-order valence-electron chi connectivity index (χ0n) is 37.7. The molecule has 0 aromatic carbocycles. The van der Waals surface area contributed by atoms with Crippen molar-refractivity contribution in [2.24, 2.45) is 42.3 Å². The first-order chi connectivity index (χ1) is 31.9. The molecule has 7 N–H and O–H groups in total. The second-order valence-corrected chi connectivity index (χ2v) is 15.2. The van der Waals surface area contributed by atoms with E-state index in [1.165, 1.54) is 38.4 Å². The maximum Gasteiger partial charge on any atom is 0.307 e. The molecule has 352 valence electrons. The summed E-state index contributed by atoms with van der Waals surface area (Å²) in [7, 11) is 9.73. The smallest absolute Gasteiger partial charge is 0.307 e. The zero-order valence-corrected chi connectivity index (χ0v) is 37.7. The Morgan fingerprint density at radius 1 is 0.507 bits per heavy atom. The number of aryl methyl sites for hydroxylation is 6. The Balaban J connectivity index is 0.932. The highest BCUT2D eigenvalue weighted by atomic mass is 16.5. The molecule has 0 unspecified atom stereocenters. The topological polar surface area (TPSA) is 298 Å². The van der Waals surface area contributed by atoms with Crippen LogP contribution in [0.1, 0.15) is 89.5 Å². The van der Waals surface area contributed by atoms with Crippen molar-refractivity contribution in [2.75, 3.05) is 46.3 Å². The molecule has 6 rings (SSSR count). The van der Waals surface area contributed by atoms with E-state index in [9.17, 15) is 38.4 Å². The summed E-state index contributed by atoms with van der Waals surface area (Å²) in [5.41, 5.74) is 1.81. The molecule has 67 heavy (non-hydrogen) atoms. The van der Waals surface area contributed by atoms with Crippen molar-refractivity contribution >= 4 is 76.1 Å². The highest BCUT2D eigenvalue weighted by Crippen LogP contribution is 2.19. The number of nitrogens with one attached hydrogen (secondary N) is 7. The van der Waals surface area contributed by atoms with E-state index >= 15 is 0 Å². The summed E-state index contributed by atoms with van der Waals surface area (Å²) in [5.74, 6) is -3.98. The van der Waals surface area contributed by atoms with Gasteiger partial charge in [-0.2, -0.15) is 0 Å². The largest absolute Gasteiger partial charge is 0.466 e. The van der Waals surface area contributed by atoms with Gasteiger partial charge >= 0.3 is 5.97 Å². The van der Waals surface area contributed by atoms with Crippen molar-refractivity contribution in [1.82, 2.24) is 53.0 Å². The minimum absolute atomic E-state index is 0.0139. The number of carbonyl (C=O) groups is 8. The van der Waals surface area contributed by atoms with E-state index in [1.807, 2.05) is 0 Å². The van der Waals surface area contributed by atoms with E-state index < -0.39 is 41.4 Å². The van der Waals surface area contributed by atoms with Gasteiger partial charge in [0.2, 0.25) is 23.4 Å². The van der Waals surface area contributed by atoms with E-state index in [2.05, 4.69) is 52.2 Å². The number of esters is 1. The zero-order chi connectivity index (χ0) is 48.5. The first-order valence-corrected chi connectivity index (χ1v) is 20.7. The molecule has 25 heteroatoms. The van der Waals surface area contributed by atoms with E-state index in [1.54, 1.807) is 99.7 Å². The van der Waals surface area contributed by atoms with Gasteiger partial charge in [0.05, 0.1) is 24.4 Å². The number of nitrogens with zero attached hydrogens (tertiary/aromatic N) is 9. The molecule has 0 spiro atoms. The maximum atomic E-state index is 13.2. The number of amides is 7. The fourth-order valence-electron chi connectivity index (χ4n) is 6.70. The van der Waals surface area contributed by atoms with Crippen LogP contribution in [0.25, 0.3) is 0 Å². The normalized spacial score (nSPS) is 10.9. The lowest BCUT2D eigenvalue weighted by Crippen LogP contribution is -2.28. The van der Waals surface area contributed by atoms with Gasteiger partial charge in [-0.1, -0.05) is 0 Å². The summed E-state index contributed by atoms with van der Waals surface area (Å²) in [4.78, 5) is 115. The van der Waals surface area contributed by atoms with Crippen molar-refractivity contribution in [3.63, 3.8) is 0 Å². The van der Waals surface area contributed by atoms with Gasteiger partial charge in [0.15, 0.2) is 17.5 Å². The third-order valence-corrected chi connectivity index (χ3v) is 9.94. The molecule has 0 saturated carbocycles. The van der Waals surface area contributed by atoms with Gasteiger partial charge in [-0.25, -0.2) is 15.0 Å². The molecule has 6 heterocycles. The van der Waals surface area contributed by atoms with Crippen LogP contribution in [0.5, 0.6) is 0 Å². The molecule has 0 aliphatic rings. The Kier molecular flexibility index (Phi) is 14.8. The van der Waals surface area contributed by atoms with Gasteiger partial charge in [-0.3, -0.25) is 38.4 Å². The molecule has 0 aliphatic heterocycles. The fourth-order valence-corrected chi connectivity index (χ4v) is 6.70. The minimum Gasteiger partial charge on any atom is -0.466 e. The Morgan fingerprint density at radius 3 is 1.49 bits per heavy atom. The van der Waals surface area contributed by atoms with Crippen LogP contribution >= 0.6 is 0 Å². The number of anilines is 5. The molecule has 0 saturated heterocycles. The van der Waals surface area contributed by atoms with Crippen LogP contribution in [-0.2, 0) is 56.6 Å². The van der Waals surface area contributed by atoms with Crippen LogP contribution in [0.3, 0.4) is 0 Å². The second-order valence-electron chi connectivity index (χ2n) is 15.2. The Hall–Kier alpha value is -8.77. The van der Waals surface area contributed by atoms with E-state index in [-0.39, 0.29) is 91.2 Å². The van der Waals surface area contributed by atoms with Crippen LogP contribution in [-0.4, -0.2) is 109 Å². The molecule has 0 aliphatic carbocycles. The number of hydrogen-bond donors (Lipinski definition) is 7. The summed E-state index contributed by atoms with van der Waals surface area (Å²) in [6.07, 6.45) is 9.50. The molecule has 7 amide bonds. The predicted octanol–water partition coefficient (Wildman–Crippen LogP) is 1.74. The second kappa shape index (κ2) is 20.8. The van der Waals surface area contributed by atoms with Crippen LogP contribution in [0.15, 0.2) is 61.4 Å². The van der Waals surface area contributed by atoms with Gasteiger partial charge in [0.1, 0.15) is 17.1 Å². The minimum atomic E-state index is -0.681. The van der Waals surface area contributed by atoms with Gasteiger partial charge in [-0.15, -0.1) is 0 Å². The highest BCUT2D eigenvalue weighted by Gasteiger charge is 2.23. The third-order valence-electron chi connectivity index (χ3n) is 9.94. The quantitative estimate of drug-likeness (QED) is 0.0452. The average molecular weight is 923 g/mol. The summed E-state index contributed by atoms with van der Waals surface area (Å²) in [6, 6.07) is 6.50. The number of carbonyl (C=O) groups excluding carboxylic acids is 8. The molecule has 0 bridgehead atoms. The molecule has 25 nitrogen and oxygen atoms in total. The number of ether oxygens (including phenoxy) is 1. The lowest BCUT2D eigenvalue weighted by atomic mass is 10.3. The molecule has 6 aromatic rings. The van der Waals surface area contributed by atoms with E-state index in [0.717, 1.165) is 0 Å². The Morgan fingerprint density at radius 2 is 0.985 bits per heavy atom. The van der Waals surface area contributed by atoms with Crippen molar-refractivity contribution in [3.05, 3.63) is 96.0 Å². The number of imidazole rings is 3. The summed E-state index contributed by atoms with van der Waals surface area (Å²) < 4.78 is 13.8. The maximum absolute atomic E-state index is 13.2. The lowest BCUT2D eigenvalue weighted by Gasteiger charge is -2.06. The molecule has 0 radical (unpaired) electrons. The standard InChI is InChI=1S/C42H50N16O9/c1-8-67-33(60)13-15-44-40(64)34-49-30(22-56(34)5)51-42(66)36-50-31(23-58(36)7)52-41(65)35-48-29(21-57(35)6)47-32(59)12-9-14-43-37(61)27-17-24(19-54(27)3)46-39(63)28-18-25(20-55(28)4)45-38(62)26-11-10-16-53(26)2/h10-11,16-23H,8-9,12-15H2,1-7H3,(H,43,61)(H,44,64)(H,45,62)(H,46,63)(H,47,59)(H,51,66)(H,52,65). The number of aromatic nitrogens is 9. The fraction of sp³-hybridized carbons (Fsp3) is 0.310. The summed E-state index contributed by atoms with van der Waals surface area (Å²) >= 11 is 0. The van der Waals surface area contributed by atoms with E-state index in [0.29, 0.717) is 17.1 Å². The van der Waals surface area contributed by atoms with Gasteiger partial charge in [0, 0.05) is 99.0 Å². The first-order valence-electron chi connectivity index (χ1n) is 20.7. The number of hydrogen-bond acceptors (Lipinski definition) is 12. The van der Waals surface area contributed by atoms with Crippen LogP contribution in [0, 0.1) is 0 Å². The summed E-state index contributed by atoms with van der Waals surface area (Å²) in [6.45, 7) is 2.10. The van der Waals surface area contributed by atoms with E-state index in [4.69, 9.17) is 4.74 Å².